The molecule has 0 spiro atoms. The molecule has 1 amide bonds. The maximum Gasteiger partial charge on any atom is 0.251 e. The number of hydrogen-bond acceptors (Lipinski definition) is 2. The summed E-state index contributed by atoms with van der Waals surface area (Å²) in [5.74, 6) is -0.111. The van der Waals surface area contributed by atoms with E-state index in [1.54, 1.807) is 0 Å². The second-order valence-corrected chi connectivity index (χ2v) is 9.96. The molecule has 5 rings (SSSR count). The van der Waals surface area contributed by atoms with Crippen molar-refractivity contribution >= 4 is 38.4 Å². The Kier molecular flexibility index (Phi) is 6.89. The third-order valence-electron chi connectivity index (χ3n) is 6.54. The van der Waals surface area contributed by atoms with E-state index >= 15 is 0 Å². The summed E-state index contributed by atoms with van der Waals surface area (Å²) in [6.45, 7) is 12.0. The van der Waals surface area contributed by atoms with Crippen molar-refractivity contribution in [3.63, 3.8) is 0 Å². The van der Waals surface area contributed by atoms with Gasteiger partial charge >= 0.3 is 0 Å². The molecule has 0 saturated heterocycles. The Labute approximate surface area is 224 Å². The molecule has 5 aromatic rings. The van der Waals surface area contributed by atoms with Gasteiger partial charge in [-0.25, -0.2) is 4.85 Å². The number of para-hydroxylation sites is 1. The molecule has 0 aliphatic carbocycles. The van der Waals surface area contributed by atoms with E-state index < -0.39 is 0 Å². The van der Waals surface area contributed by atoms with Crippen LogP contribution in [0, 0.1) is 13.5 Å². The van der Waals surface area contributed by atoms with Gasteiger partial charge in [-0.2, -0.15) is 5.10 Å². The number of carbonyl (C=O) groups excluding carboxylic acids is 1. The average Bonchev–Trinajstić information content (AvgIpc) is 3.23. The average molecular weight is 549 g/mol. The minimum atomic E-state index is -0.111. The summed E-state index contributed by atoms with van der Waals surface area (Å²) in [6.07, 6.45) is 0. The van der Waals surface area contributed by atoms with Gasteiger partial charge in [-0.05, 0) is 66.4 Å². The molecule has 0 saturated carbocycles. The highest BCUT2D eigenvalue weighted by molar-refractivity contribution is 9.10. The number of fused-ring (bicyclic) bond motifs is 1. The number of amides is 1. The number of rotatable bonds is 6. The van der Waals surface area contributed by atoms with E-state index in [-0.39, 0.29) is 11.9 Å². The lowest BCUT2D eigenvalue weighted by molar-refractivity contribution is 0.0940. The van der Waals surface area contributed by atoms with E-state index in [1.165, 1.54) is 0 Å². The highest BCUT2D eigenvalue weighted by Crippen LogP contribution is 2.30. The molecule has 0 aliphatic rings. The van der Waals surface area contributed by atoms with E-state index in [9.17, 15) is 4.79 Å². The molecule has 1 aromatic heterocycles. The summed E-state index contributed by atoms with van der Waals surface area (Å²) in [4.78, 5) is 16.6. The van der Waals surface area contributed by atoms with Crippen molar-refractivity contribution in [3.8, 4) is 11.1 Å². The fourth-order valence-corrected chi connectivity index (χ4v) is 4.76. The number of halogens is 1. The first kappa shape index (κ1) is 24.5. The predicted octanol–water partition coefficient (Wildman–Crippen LogP) is 7.86. The number of aryl methyl sites for hydroxylation is 1. The molecule has 0 aliphatic heterocycles. The fourth-order valence-electron chi connectivity index (χ4n) is 4.49. The highest BCUT2D eigenvalue weighted by Gasteiger charge is 2.15. The van der Waals surface area contributed by atoms with Crippen LogP contribution in [0.1, 0.15) is 40.1 Å². The van der Waals surface area contributed by atoms with Crippen LogP contribution in [0.25, 0.3) is 26.9 Å². The Morgan fingerprint density at radius 2 is 1.76 bits per heavy atom. The Bertz CT molecular complexity index is 1630. The molecule has 37 heavy (non-hydrogen) atoms. The maximum absolute atomic E-state index is 13.0. The molecule has 4 aromatic carbocycles. The highest BCUT2D eigenvalue weighted by atomic mass is 79.9. The number of aromatic nitrogens is 2. The van der Waals surface area contributed by atoms with Gasteiger partial charge < -0.3 is 5.32 Å². The summed E-state index contributed by atoms with van der Waals surface area (Å²) < 4.78 is 2.98. The Balaban J connectivity index is 1.34. The van der Waals surface area contributed by atoms with Crippen LogP contribution >= 0.6 is 15.9 Å². The van der Waals surface area contributed by atoms with Gasteiger partial charge in [-0.1, -0.05) is 76.6 Å². The van der Waals surface area contributed by atoms with E-state index in [2.05, 4.69) is 38.2 Å². The lowest BCUT2D eigenvalue weighted by atomic mass is 10.0. The SMILES string of the molecule is [C-]#[N+]c1ccccc1-c1ccc(Cn2nc(C)c3cc(C(=O)N[C@@H](C)c4ccc(Br)cc4)ccc32)cc1. The third-order valence-corrected chi connectivity index (χ3v) is 7.07. The molecule has 1 N–H and O–H groups in total. The van der Waals surface area contributed by atoms with Gasteiger partial charge in [-0.15, -0.1) is 0 Å². The first-order valence-electron chi connectivity index (χ1n) is 12.0. The zero-order chi connectivity index (χ0) is 25.9. The van der Waals surface area contributed by atoms with Crippen molar-refractivity contribution in [2.75, 3.05) is 0 Å². The van der Waals surface area contributed by atoms with Crippen LogP contribution in [0.3, 0.4) is 0 Å². The second-order valence-electron chi connectivity index (χ2n) is 9.05. The first-order chi connectivity index (χ1) is 17.9. The van der Waals surface area contributed by atoms with Gasteiger partial charge in [0.2, 0.25) is 0 Å². The fraction of sp³-hybridized carbons (Fsp3) is 0.129. The lowest BCUT2D eigenvalue weighted by Crippen LogP contribution is -2.26. The summed E-state index contributed by atoms with van der Waals surface area (Å²) in [6, 6.07) is 29.5. The van der Waals surface area contributed by atoms with Crippen molar-refractivity contribution in [2.24, 2.45) is 0 Å². The van der Waals surface area contributed by atoms with Crippen molar-refractivity contribution in [1.29, 1.82) is 0 Å². The number of hydrogen-bond donors (Lipinski definition) is 1. The number of nitrogens with one attached hydrogen (secondary N) is 1. The van der Waals surface area contributed by atoms with Gasteiger partial charge in [0, 0.05) is 15.4 Å². The molecular formula is C31H25BrN4O. The van der Waals surface area contributed by atoms with Gasteiger partial charge in [0.1, 0.15) is 0 Å². The molecule has 5 nitrogen and oxygen atoms in total. The minimum Gasteiger partial charge on any atom is -0.346 e. The van der Waals surface area contributed by atoms with Crippen LogP contribution in [0.15, 0.2) is 95.5 Å². The van der Waals surface area contributed by atoms with Crippen LogP contribution in [-0.4, -0.2) is 15.7 Å². The molecule has 0 fully saturated rings. The topological polar surface area (TPSA) is 51.3 Å². The quantitative estimate of drug-likeness (QED) is 0.219. The molecule has 1 heterocycles. The molecule has 0 bridgehead atoms. The van der Waals surface area contributed by atoms with Crippen molar-refractivity contribution in [1.82, 2.24) is 15.1 Å². The van der Waals surface area contributed by atoms with Gasteiger partial charge in [0.25, 0.3) is 5.91 Å². The van der Waals surface area contributed by atoms with Crippen molar-refractivity contribution < 1.29 is 4.79 Å². The molecular weight excluding hydrogens is 524 g/mol. The van der Waals surface area contributed by atoms with Crippen LogP contribution in [0.5, 0.6) is 0 Å². The molecule has 0 unspecified atom stereocenters. The Morgan fingerprint density at radius 3 is 2.49 bits per heavy atom. The third kappa shape index (κ3) is 5.18. The smallest absolute Gasteiger partial charge is 0.251 e. The summed E-state index contributed by atoms with van der Waals surface area (Å²) >= 11 is 3.45. The number of nitrogens with zero attached hydrogens (tertiary/aromatic N) is 3. The van der Waals surface area contributed by atoms with Crippen LogP contribution in [0.2, 0.25) is 0 Å². The zero-order valence-corrected chi connectivity index (χ0v) is 22.2. The van der Waals surface area contributed by atoms with Crippen molar-refractivity contribution in [3.05, 3.63) is 129 Å². The predicted molar refractivity (Wildman–Crippen MR) is 152 cm³/mol. The van der Waals surface area contributed by atoms with Crippen LogP contribution in [0.4, 0.5) is 5.69 Å². The minimum absolute atomic E-state index is 0.107. The van der Waals surface area contributed by atoms with E-state index in [4.69, 9.17) is 11.7 Å². The summed E-state index contributed by atoms with van der Waals surface area (Å²) in [5.41, 5.74) is 7.24. The molecule has 1 atom stereocenters. The second kappa shape index (κ2) is 10.4. The molecule has 6 heteroatoms. The van der Waals surface area contributed by atoms with Gasteiger partial charge in [-0.3, -0.25) is 9.48 Å². The van der Waals surface area contributed by atoms with Gasteiger partial charge in [0.15, 0.2) is 5.69 Å². The zero-order valence-electron chi connectivity index (χ0n) is 20.6. The normalized spacial score (nSPS) is 11.7. The number of carbonyl (C=O) groups is 1. The standard InChI is InChI=1S/C31H25BrN4O/c1-20(23-12-15-26(32)16-13-23)34-31(37)25-14-17-30-28(18-25)21(2)35-36(30)19-22-8-10-24(11-9-22)27-6-4-5-7-29(27)33-3/h4-18,20H,19H2,1-2H3,(H,34,37)/t20-/m0/s1. The lowest BCUT2D eigenvalue weighted by Gasteiger charge is -2.14. The van der Waals surface area contributed by atoms with Crippen LogP contribution in [-0.2, 0) is 6.54 Å². The first-order valence-corrected chi connectivity index (χ1v) is 12.8. The van der Waals surface area contributed by atoms with E-state index in [1.807, 2.05) is 97.4 Å². The molecule has 182 valence electrons. The summed E-state index contributed by atoms with van der Waals surface area (Å²) in [5, 5.41) is 8.81. The maximum atomic E-state index is 13.0. The van der Waals surface area contributed by atoms with Crippen molar-refractivity contribution in [2.45, 2.75) is 26.4 Å². The molecule has 0 radical (unpaired) electrons. The van der Waals surface area contributed by atoms with E-state index in [0.29, 0.717) is 17.8 Å². The van der Waals surface area contributed by atoms with Gasteiger partial charge in [0.05, 0.1) is 30.4 Å². The largest absolute Gasteiger partial charge is 0.346 e. The van der Waals surface area contributed by atoms with E-state index in [0.717, 1.165) is 43.3 Å². The summed E-state index contributed by atoms with van der Waals surface area (Å²) in [7, 11) is 0. The Morgan fingerprint density at radius 1 is 1.03 bits per heavy atom. The van der Waals surface area contributed by atoms with Crippen LogP contribution < -0.4 is 5.32 Å². The monoisotopic (exact) mass is 548 g/mol. The Hall–Kier alpha value is -4.21. The number of benzene rings is 4.